The second-order valence-electron chi connectivity index (χ2n) is 4.74. The highest BCUT2D eigenvalue weighted by molar-refractivity contribution is 6.22. The van der Waals surface area contributed by atoms with Crippen LogP contribution in [-0.4, -0.2) is 29.2 Å². The van der Waals surface area contributed by atoms with Crippen LogP contribution in [0.15, 0.2) is 11.3 Å². The van der Waals surface area contributed by atoms with Gasteiger partial charge in [0.25, 0.3) is 0 Å². The third-order valence-corrected chi connectivity index (χ3v) is 3.25. The number of carbonyl (C=O) groups is 3. The molecule has 0 aromatic rings. The summed E-state index contributed by atoms with van der Waals surface area (Å²) in [6, 6.07) is 0. The average molecular weight is 252 g/mol. The van der Waals surface area contributed by atoms with E-state index in [-0.39, 0.29) is 42.5 Å². The molecule has 2 aliphatic carbocycles. The van der Waals surface area contributed by atoms with Gasteiger partial charge in [-0.25, -0.2) is 0 Å². The van der Waals surface area contributed by atoms with Gasteiger partial charge in [0.15, 0.2) is 11.6 Å². The Bertz CT molecular complexity index is 431. The maximum absolute atomic E-state index is 11.9. The van der Waals surface area contributed by atoms with Crippen LogP contribution in [0.3, 0.4) is 0 Å². The van der Waals surface area contributed by atoms with Gasteiger partial charge in [0.2, 0.25) is 0 Å². The van der Waals surface area contributed by atoms with Crippen LogP contribution in [0.5, 0.6) is 0 Å². The fourth-order valence-corrected chi connectivity index (χ4v) is 2.15. The molecule has 5 heteroatoms. The van der Waals surface area contributed by atoms with Gasteiger partial charge in [-0.1, -0.05) is 0 Å². The summed E-state index contributed by atoms with van der Waals surface area (Å²) in [4.78, 5) is 35.2. The number of carbonyl (C=O) groups excluding carboxylic acids is 3. The number of ketones is 2. The molecular formula is C13H16O5. The molecule has 1 saturated carbocycles. The molecule has 0 bridgehead atoms. The number of ether oxygens (including phenoxy) is 1. The van der Waals surface area contributed by atoms with Gasteiger partial charge in [-0.3, -0.25) is 14.4 Å². The highest BCUT2D eigenvalue weighted by atomic mass is 16.5. The van der Waals surface area contributed by atoms with Crippen molar-refractivity contribution in [3.05, 3.63) is 11.3 Å². The Labute approximate surface area is 105 Å². The van der Waals surface area contributed by atoms with Gasteiger partial charge in [0.1, 0.15) is 5.76 Å². The molecule has 0 aromatic heterocycles. The fraction of sp³-hybridized carbons (Fsp3) is 0.615. The molecule has 0 amide bonds. The van der Waals surface area contributed by atoms with E-state index in [1.807, 2.05) is 0 Å². The first-order valence-electron chi connectivity index (χ1n) is 6.20. The van der Waals surface area contributed by atoms with Crippen molar-refractivity contribution < 1.29 is 24.2 Å². The largest absolute Gasteiger partial charge is 0.511 e. The molecule has 1 N–H and O–H groups in total. The number of rotatable bonds is 4. The van der Waals surface area contributed by atoms with E-state index in [1.165, 1.54) is 0 Å². The Kier molecular flexibility index (Phi) is 3.50. The number of allylic oxidation sites excluding steroid dienone is 2. The molecule has 0 radical (unpaired) electrons. The standard InChI is InChI=1S/C13H16O5/c1-2-18-13(17)8-5-9(14)11(10(15)6-8)12(16)7-3-4-7/h7-8,14H,2-6H2,1H3. The SMILES string of the molecule is CCOC(=O)C1CC(=O)C(C(=O)C2CC2)=C(O)C1. The monoisotopic (exact) mass is 252 g/mol. The molecule has 5 nitrogen and oxygen atoms in total. The minimum absolute atomic E-state index is 0.0262. The van der Waals surface area contributed by atoms with E-state index < -0.39 is 17.7 Å². The molecule has 0 spiro atoms. The summed E-state index contributed by atoms with van der Waals surface area (Å²) in [6.07, 6.45) is 1.55. The van der Waals surface area contributed by atoms with Crippen LogP contribution in [0.2, 0.25) is 0 Å². The zero-order valence-electron chi connectivity index (χ0n) is 10.3. The summed E-state index contributed by atoms with van der Waals surface area (Å²) in [7, 11) is 0. The van der Waals surface area contributed by atoms with Crippen molar-refractivity contribution in [1.29, 1.82) is 0 Å². The molecule has 2 rings (SSSR count). The van der Waals surface area contributed by atoms with Crippen molar-refractivity contribution in [2.75, 3.05) is 6.61 Å². The number of hydrogen-bond donors (Lipinski definition) is 1. The molecular weight excluding hydrogens is 236 g/mol. The van der Waals surface area contributed by atoms with Crippen molar-refractivity contribution >= 4 is 17.5 Å². The highest BCUT2D eigenvalue weighted by Crippen LogP contribution is 2.36. The number of hydrogen-bond acceptors (Lipinski definition) is 5. The van der Waals surface area contributed by atoms with E-state index in [1.54, 1.807) is 6.92 Å². The first-order chi connectivity index (χ1) is 8.54. The van der Waals surface area contributed by atoms with Crippen molar-refractivity contribution in [2.24, 2.45) is 11.8 Å². The average Bonchev–Trinajstić information content (AvgIpc) is 3.11. The van der Waals surface area contributed by atoms with E-state index >= 15 is 0 Å². The van der Waals surface area contributed by atoms with Crippen LogP contribution in [-0.2, 0) is 19.1 Å². The maximum atomic E-state index is 11.9. The van der Waals surface area contributed by atoms with E-state index in [0.29, 0.717) is 0 Å². The predicted octanol–water partition coefficient (Wildman–Crippen LogP) is 1.32. The van der Waals surface area contributed by atoms with Gasteiger partial charge in [0, 0.05) is 18.8 Å². The predicted molar refractivity (Wildman–Crippen MR) is 61.7 cm³/mol. The second-order valence-corrected chi connectivity index (χ2v) is 4.74. The lowest BCUT2D eigenvalue weighted by molar-refractivity contribution is -0.150. The van der Waals surface area contributed by atoms with Crippen LogP contribution in [0.25, 0.3) is 0 Å². The molecule has 1 atom stereocenters. The van der Waals surface area contributed by atoms with Gasteiger partial charge in [-0.2, -0.15) is 0 Å². The van der Waals surface area contributed by atoms with Crippen molar-refractivity contribution in [3.8, 4) is 0 Å². The lowest BCUT2D eigenvalue weighted by atomic mass is 9.84. The summed E-state index contributed by atoms with van der Waals surface area (Å²) >= 11 is 0. The van der Waals surface area contributed by atoms with Crippen LogP contribution >= 0.6 is 0 Å². The normalized spacial score (nSPS) is 24.1. The summed E-state index contributed by atoms with van der Waals surface area (Å²) < 4.78 is 4.82. The minimum Gasteiger partial charge on any atom is -0.511 e. The lowest BCUT2D eigenvalue weighted by Crippen LogP contribution is -2.30. The van der Waals surface area contributed by atoms with Gasteiger partial charge in [-0.15, -0.1) is 0 Å². The third-order valence-electron chi connectivity index (χ3n) is 3.25. The summed E-state index contributed by atoms with van der Waals surface area (Å²) in [5, 5.41) is 9.80. The van der Waals surface area contributed by atoms with E-state index in [9.17, 15) is 19.5 Å². The van der Waals surface area contributed by atoms with E-state index in [2.05, 4.69) is 0 Å². The zero-order chi connectivity index (χ0) is 13.3. The zero-order valence-corrected chi connectivity index (χ0v) is 10.3. The molecule has 1 fully saturated rings. The van der Waals surface area contributed by atoms with Crippen LogP contribution < -0.4 is 0 Å². The molecule has 18 heavy (non-hydrogen) atoms. The number of esters is 1. The first kappa shape index (κ1) is 12.8. The second kappa shape index (κ2) is 4.92. The lowest BCUT2D eigenvalue weighted by Gasteiger charge is -2.21. The molecule has 0 heterocycles. The Hall–Kier alpha value is -1.65. The smallest absolute Gasteiger partial charge is 0.309 e. The van der Waals surface area contributed by atoms with E-state index in [4.69, 9.17) is 4.74 Å². The topological polar surface area (TPSA) is 80.7 Å². The highest BCUT2D eigenvalue weighted by Gasteiger charge is 2.40. The van der Waals surface area contributed by atoms with Crippen LogP contribution in [0, 0.1) is 11.8 Å². The summed E-state index contributed by atoms with van der Waals surface area (Å²) in [5.74, 6) is -2.21. The van der Waals surface area contributed by atoms with Gasteiger partial charge >= 0.3 is 5.97 Å². The Morgan fingerprint density at radius 1 is 1.28 bits per heavy atom. The van der Waals surface area contributed by atoms with Gasteiger partial charge in [0.05, 0.1) is 18.1 Å². The molecule has 1 unspecified atom stereocenters. The number of aliphatic hydroxyl groups is 1. The minimum atomic E-state index is -0.659. The van der Waals surface area contributed by atoms with Crippen molar-refractivity contribution in [2.45, 2.75) is 32.6 Å². The molecule has 98 valence electrons. The van der Waals surface area contributed by atoms with Crippen LogP contribution in [0.1, 0.15) is 32.6 Å². The van der Waals surface area contributed by atoms with Gasteiger partial charge < -0.3 is 9.84 Å². The first-order valence-corrected chi connectivity index (χ1v) is 6.20. The van der Waals surface area contributed by atoms with Crippen molar-refractivity contribution in [1.82, 2.24) is 0 Å². The fourth-order valence-electron chi connectivity index (χ4n) is 2.15. The van der Waals surface area contributed by atoms with Crippen molar-refractivity contribution in [3.63, 3.8) is 0 Å². The molecule has 2 aliphatic rings. The summed E-state index contributed by atoms with van der Waals surface area (Å²) in [6.45, 7) is 1.92. The molecule has 0 saturated heterocycles. The molecule has 0 aliphatic heterocycles. The Morgan fingerprint density at radius 3 is 2.44 bits per heavy atom. The number of Topliss-reactive ketones (excluding diaryl/α,β-unsaturated/α-hetero) is 2. The quantitative estimate of drug-likeness (QED) is 0.603. The number of aliphatic hydroxyl groups excluding tert-OH is 1. The molecule has 0 aromatic carbocycles. The Balaban J connectivity index is 2.13. The van der Waals surface area contributed by atoms with Crippen LogP contribution in [0.4, 0.5) is 0 Å². The summed E-state index contributed by atoms with van der Waals surface area (Å²) in [5.41, 5.74) is -0.0851. The van der Waals surface area contributed by atoms with Gasteiger partial charge in [-0.05, 0) is 19.8 Å². The maximum Gasteiger partial charge on any atom is 0.309 e. The van der Waals surface area contributed by atoms with E-state index in [0.717, 1.165) is 12.8 Å². The Morgan fingerprint density at radius 2 is 1.94 bits per heavy atom. The third kappa shape index (κ3) is 2.44.